The van der Waals surface area contributed by atoms with E-state index < -0.39 is 0 Å². The van der Waals surface area contributed by atoms with E-state index in [1.807, 2.05) is 13.0 Å². The highest BCUT2D eigenvalue weighted by Crippen LogP contribution is 2.28. The lowest BCUT2D eigenvalue weighted by Crippen LogP contribution is -2.34. The Morgan fingerprint density at radius 3 is 2.65 bits per heavy atom. The molecule has 0 aliphatic carbocycles. The lowest BCUT2D eigenvalue weighted by molar-refractivity contribution is 0.321. The summed E-state index contributed by atoms with van der Waals surface area (Å²) < 4.78 is 13.2. The van der Waals surface area contributed by atoms with Crippen molar-refractivity contribution >= 4 is 12.4 Å². The van der Waals surface area contributed by atoms with Gasteiger partial charge in [-0.15, -0.1) is 12.4 Å². The van der Waals surface area contributed by atoms with Crippen molar-refractivity contribution in [3.63, 3.8) is 0 Å². The summed E-state index contributed by atoms with van der Waals surface area (Å²) in [5.74, 6) is 0.284. The quantitative estimate of drug-likeness (QED) is 0.856. The third-order valence-electron chi connectivity index (χ3n) is 3.49. The van der Waals surface area contributed by atoms with E-state index in [0.717, 1.165) is 37.1 Å². The number of rotatable bonds is 2. The van der Waals surface area contributed by atoms with E-state index in [4.69, 9.17) is 5.73 Å². The normalized spacial score (nSPS) is 18.5. The van der Waals surface area contributed by atoms with Crippen LogP contribution in [0.5, 0.6) is 0 Å². The molecule has 1 fully saturated rings. The number of benzene rings is 1. The molecule has 2 rings (SSSR count). The fraction of sp³-hybridized carbons (Fsp3) is 0.538. The Hall–Kier alpha value is -0.640. The maximum Gasteiger partial charge on any atom is 0.123 e. The first-order valence-corrected chi connectivity index (χ1v) is 5.91. The van der Waals surface area contributed by atoms with Crippen LogP contribution in [-0.4, -0.2) is 13.1 Å². The molecule has 0 bridgehead atoms. The average Bonchev–Trinajstić information content (AvgIpc) is 2.32. The van der Waals surface area contributed by atoms with Crippen LogP contribution >= 0.6 is 12.4 Å². The van der Waals surface area contributed by atoms with Gasteiger partial charge in [-0.1, -0.05) is 6.07 Å². The number of hydrogen-bond donors (Lipinski definition) is 2. The Morgan fingerprint density at radius 1 is 1.35 bits per heavy atom. The minimum Gasteiger partial charge on any atom is -0.324 e. The summed E-state index contributed by atoms with van der Waals surface area (Å²) >= 11 is 0. The van der Waals surface area contributed by atoms with Crippen molar-refractivity contribution in [2.45, 2.75) is 25.8 Å². The van der Waals surface area contributed by atoms with Gasteiger partial charge in [0, 0.05) is 6.04 Å². The van der Waals surface area contributed by atoms with Crippen molar-refractivity contribution in [2.75, 3.05) is 13.1 Å². The molecule has 1 aliphatic heterocycles. The minimum atomic E-state index is -0.190. The average molecular weight is 259 g/mol. The smallest absolute Gasteiger partial charge is 0.123 e. The summed E-state index contributed by atoms with van der Waals surface area (Å²) in [6.07, 6.45) is 2.16. The van der Waals surface area contributed by atoms with Crippen molar-refractivity contribution in [3.8, 4) is 0 Å². The van der Waals surface area contributed by atoms with Crippen molar-refractivity contribution in [1.82, 2.24) is 5.32 Å². The van der Waals surface area contributed by atoms with E-state index in [0.29, 0.717) is 5.92 Å². The van der Waals surface area contributed by atoms with Crippen molar-refractivity contribution in [2.24, 2.45) is 11.7 Å². The lowest BCUT2D eigenvalue weighted by atomic mass is 9.85. The molecule has 1 aliphatic rings. The molecule has 4 heteroatoms. The molecule has 1 aromatic carbocycles. The second-order valence-corrected chi connectivity index (χ2v) is 4.61. The summed E-state index contributed by atoms with van der Waals surface area (Å²) in [6, 6.07) is 4.86. The highest BCUT2D eigenvalue weighted by atomic mass is 35.5. The first kappa shape index (κ1) is 14.4. The van der Waals surface area contributed by atoms with Gasteiger partial charge in [0.05, 0.1) is 0 Å². The van der Waals surface area contributed by atoms with E-state index in [9.17, 15) is 4.39 Å². The Balaban J connectivity index is 0.00000144. The number of halogens is 2. The Labute approximate surface area is 108 Å². The predicted molar refractivity (Wildman–Crippen MR) is 70.9 cm³/mol. The van der Waals surface area contributed by atoms with Crippen LogP contribution in [-0.2, 0) is 0 Å². The monoisotopic (exact) mass is 258 g/mol. The third-order valence-corrected chi connectivity index (χ3v) is 3.49. The topological polar surface area (TPSA) is 38.0 Å². The van der Waals surface area contributed by atoms with Crippen molar-refractivity contribution < 1.29 is 4.39 Å². The maximum absolute atomic E-state index is 13.2. The summed E-state index contributed by atoms with van der Waals surface area (Å²) in [6.45, 7) is 4.04. The molecule has 0 unspecified atom stereocenters. The van der Waals surface area contributed by atoms with Crippen LogP contribution in [0.4, 0.5) is 4.39 Å². The number of nitrogens with two attached hydrogens (primary N) is 1. The van der Waals surface area contributed by atoms with Gasteiger partial charge in [-0.05, 0) is 62.0 Å². The fourth-order valence-corrected chi connectivity index (χ4v) is 2.43. The number of hydrogen-bond acceptors (Lipinski definition) is 2. The lowest BCUT2D eigenvalue weighted by Gasteiger charge is -2.29. The SMILES string of the molecule is Cc1ccc(F)cc1[C@H](N)C1CCNCC1.Cl. The van der Waals surface area contributed by atoms with Crippen LogP contribution in [0.2, 0.25) is 0 Å². The molecule has 2 nitrogen and oxygen atoms in total. The van der Waals surface area contributed by atoms with Gasteiger partial charge >= 0.3 is 0 Å². The summed E-state index contributed by atoms with van der Waals surface area (Å²) in [5, 5.41) is 3.32. The van der Waals surface area contributed by atoms with Crippen LogP contribution in [0, 0.1) is 18.7 Å². The number of nitrogens with one attached hydrogen (secondary N) is 1. The maximum atomic E-state index is 13.2. The zero-order chi connectivity index (χ0) is 11.5. The van der Waals surface area contributed by atoms with Gasteiger partial charge in [-0.3, -0.25) is 0 Å². The molecule has 1 aromatic rings. The highest BCUT2D eigenvalue weighted by Gasteiger charge is 2.22. The number of aryl methyl sites for hydroxylation is 1. The molecule has 0 spiro atoms. The van der Waals surface area contributed by atoms with E-state index in [1.54, 1.807) is 6.07 Å². The predicted octanol–water partition coefficient (Wildman–Crippen LogP) is 2.56. The molecule has 3 N–H and O–H groups in total. The van der Waals surface area contributed by atoms with Crippen LogP contribution in [0.1, 0.15) is 30.0 Å². The summed E-state index contributed by atoms with van der Waals surface area (Å²) in [4.78, 5) is 0. The molecule has 0 amide bonds. The Kier molecular flexibility index (Phi) is 5.37. The third kappa shape index (κ3) is 3.41. The Bertz CT molecular complexity index is 364. The minimum absolute atomic E-state index is 0. The fourth-order valence-electron chi connectivity index (χ4n) is 2.43. The second-order valence-electron chi connectivity index (χ2n) is 4.61. The molecule has 0 aromatic heterocycles. The molecule has 1 heterocycles. The van der Waals surface area contributed by atoms with Gasteiger partial charge in [0.2, 0.25) is 0 Å². The Morgan fingerprint density at radius 2 is 2.00 bits per heavy atom. The van der Waals surface area contributed by atoms with Crippen LogP contribution in [0.25, 0.3) is 0 Å². The van der Waals surface area contributed by atoms with Crippen LogP contribution < -0.4 is 11.1 Å². The summed E-state index contributed by atoms with van der Waals surface area (Å²) in [5.41, 5.74) is 8.30. The molecular formula is C13H20ClFN2. The van der Waals surface area contributed by atoms with E-state index in [1.165, 1.54) is 6.07 Å². The molecule has 1 atom stereocenters. The van der Waals surface area contributed by atoms with E-state index in [2.05, 4.69) is 5.32 Å². The van der Waals surface area contributed by atoms with Gasteiger partial charge in [-0.25, -0.2) is 4.39 Å². The first-order valence-electron chi connectivity index (χ1n) is 5.91. The van der Waals surface area contributed by atoms with E-state index >= 15 is 0 Å². The molecular weight excluding hydrogens is 239 g/mol. The zero-order valence-corrected chi connectivity index (χ0v) is 10.9. The van der Waals surface area contributed by atoms with Crippen LogP contribution in [0.15, 0.2) is 18.2 Å². The van der Waals surface area contributed by atoms with Crippen LogP contribution in [0.3, 0.4) is 0 Å². The zero-order valence-electron chi connectivity index (χ0n) is 10.1. The molecule has 1 saturated heterocycles. The van der Waals surface area contributed by atoms with Gasteiger partial charge in [0.25, 0.3) is 0 Å². The molecule has 0 saturated carbocycles. The highest BCUT2D eigenvalue weighted by molar-refractivity contribution is 5.85. The van der Waals surface area contributed by atoms with Gasteiger partial charge in [0.1, 0.15) is 5.82 Å². The first-order chi connectivity index (χ1) is 7.68. The largest absolute Gasteiger partial charge is 0.324 e. The second kappa shape index (κ2) is 6.34. The van der Waals surface area contributed by atoms with E-state index in [-0.39, 0.29) is 24.3 Å². The standard InChI is InChI=1S/C13H19FN2.ClH/c1-9-2-3-11(14)8-12(9)13(15)10-4-6-16-7-5-10;/h2-3,8,10,13,16H,4-7,15H2,1H3;1H/t13-;/m1./s1. The molecule has 0 radical (unpaired) electrons. The molecule has 17 heavy (non-hydrogen) atoms. The van der Waals surface area contributed by atoms with Crippen molar-refractivity contribution in [3.05, 3.63) is 35.1 Å². The van der Waals surface area contributed by atoms with Gasteiger partial charge in [0.15, 0.2) is 0 Å². The van der Waals surface area contributed by atoms with Gasteiger partial charge < -0.3 is 11.1 Å². The van der Waals surface area contributed by atoms with Crippen molar-refractivity contribution in [1.29, 1.82) is 0 Å². The number of piperidine rings is 1. The molecule has 96 valence electrons. The summed E-state index contributed by atoms with van der Waals surface area (Å²) in [7, 11) is 0. The van der Waals surface area contributed by atoms with Gasteiger partial charge in [-0.2, -0.15) is 0 Å².